The van der Waals surface area contributed by atoms with Crippen LogP contribution in [0.15, 0.2) is 59.5 Å². The van der Waals surface area contributed by atoms with Crippen LogP contribution in [-0.4, -0.2) is 48.1 Å². The zero-order valence-corrected chi connectivity index (χ0v) is 16.5. The summed E-state index contributed by atoms with van der Waals surface area (Å²) in [6, 6.07) is 17.9. The van der Waals surface area contributed by atoms with Gasteiger partial charge in [-0.05, 0) is 43.3 Å². The summed E-state index contributed by atoms with van der Waals surface area (Å²) in [6.45, 7) is 6.66. The molecule has 2 aromatic carbocycles. The Morgan fingerprint density at radius 1 is 0.963 bits per heavy atom. The molecule has 0 aromatic heterocycles. The fraction of sp³-hybridized carbons (Fsp3) is 0.333. The molecule has 2 amide bonds. The van der Waals surface area contributed by atoms with E-state index in [0.717, 1.165) is 36.8 Å². The second-order valence-corrected chi connectivity index (χ2v) is 8.03. The van der Waals surface area contributed by atoms with Crippen LogP contribution in [-0.2, 0) is 9.59 Å². The fourth-order valence-electron chi connectivity index (χ4n) is 3.16. The number of carbonyl (C=O) groups is 2. The van der Waals surface area contributed by atoms with Crippen molar-refractivity contribution >= 4 is 35.0 Å². The van der Waals surface area contributed by atoms with Crippen molar-refractivity contribution in [2.45, 2.75) is 24.0 Å². The van der Waals surface area contributed by atoms with Crippen LogP contribution in [0.3, 0.4) is 0 Å². The van der Waals surface area contributed by atoms with Crippen molar-refractivity contribution in [1.29, 1.82) is 0 Å². The van der Waals surface area contributed by atoms with Gasteiger partial charge in [0, 0.05) is 49.4 Å². The topological polar surface area (TPSA) is 52.7 Å². The van der Waals surface area contributed by atoms with Gasteiger partial charge >= 0.3 is 0 Å². The maximum atomic E-state index is 12.8. The Morgan fingerprint density at radius 2 is 1.59 bits per heavy atom. The Balaban J connectivity index is 1.51. The van der Waals surface area contributed by atoms with Crippen LogP contribution in [0.1, 0.15) is 13.8 Å². The van der Waals surface area contributed by atoms with Gasteiger partial charge in [-0.3, -0.25) is 9.59 Å². The Labute approximate surface area is 164 Å². The summed E-state index contributed by atoms with van der Waals surface area (Å²) < 4.78 is 0. The monoisotopic (exact) mass is 383 g/mol. The number of benzene rings is 2. The number of hydrogen-bond donors (Lipinski definition) is 1. The van der Waals surface area contributed by atoms with Crippen LogP contribution < -0.4 is 10.2 Å². The number of hydrogen-bond acceptors (Lipinski definition) is 4. The molecule has 0 spiro atoms. The minimum atomic E-state index is -0.139. The smallest absolute Gasteiger partial charge is 0.235 e. The highest BCUT2D eigenvalue weighted by Crippen LogP contribution is 2.26. The lowest BCUT2D eigenvalue weighted by molar-refractivity contribution is -0.130. The highest BCUT2D eigenvalue weighted by Gasteiger charge is 2.25. The number of amides is 2. The first-order chi connectivity index (χ1) is 13.0. The largest absolute Gasteiger partial charge is 0.368 e. The van der Waals surface area contributed by atoms with Gasteiger partial charge in [0.15, 0.2) is 0 Å². The van der Waals surface area contributed by atoms with E-state index in [1.807, 2.05) is 54.3 Å². The van der Waals surface area contributed by atoms with Crippen LogP contribution in [0.2, 0.25) is 0 Å². The molecule has 0 bridgehead atoms. The number of para-hydroxylation sites is 1. The predicted molar refractivity (Wildman–Crippen MR) is 111 cm³/mol. The van der Waals surface area contributed by atoms with Crippen LogP contribution in [0.25, 0.3) is 0 Å². The predicted octanol–water partition coefficient (Wildman–Crippen LogP) is 3.47. The quantitative estimate of drug-likeness (QED) is 0.804. The van der Waals surface area contributed by atoms with Crippen molar-refractivity contribution < 1.29 is 9.59 Å². The van der Waals surface area contributed by atoms with E-state index in [9.17, 15) is 9.59 Å². The number of piperazine rings is 1. The molecule has 1 fully saturated rings. The third-order valence-electron chi connectivity index (χ3n) is 4.55. The summed E-state index contributed by atoms with van der Waals surface area (Å²) in [6.07, 6.45) is 0. The molecule has 3 rings (SSSR count). The molecule has 1 N–H and O–H groups in total. The van der Waals surface area contributed by atoms with Crippen molar-refractivity contribution in [3.05, 3.63) is 54.6 Å². The zero-order chi connectivity index (χ0) is 19.2. The van der Waals surface area contributed by atoms with Gasteiger partial charge in [-0.2, -0.15) is 0 Å². The molecule has 0 aliphatic carbocycles. The Hall–Kier alpha value is -2.47. The number of carbonyl (C=O) groups excluding carboxylic acids is 2. The second-order valence-electron chi connectivity index (χ2n) is 6.61. The summed E-state index contributed by atoms with van der Waals surface area (Å²) in [5.74, 6) is 0.0900. The molecule has 2 aromatic rings. The van der Waals surface area contributed by atoms with Gasteiger partial charge in [-0.1, -0.05) is 18.2 Å². The van der Waals surface area contributed by atoms with Gasteiger partial charge in [0.05, 0.1) is 5.25 Å². The van der Waals surface area contributed by atoms with E-state index in [2.05, 4.69) is 22.3 Å². The van der Waals surface area contributed by atoms with Gasteiger partial charge in [0.25, 0.3) is 0 Å². The van der Waals surface area contributed by atoms with Crippen molar-refractivity contribution in [2.24, 2.45) is 0 Å². The first kappa shape index (κ1) is 19.3. The van der Waals surface area contributed by atoms with E-state index in [1.165, 1.54) is 12.6 Å². The number of nitrogens with one attached hydrogen (secondary N) is 1. The first-order valence-electron chi connectivity index (χ1n) is 9.16. The average Bonchev–Trinajstić information content (AvgIpc) is 2.69. The second kappa shape index (κ2) is 8.95. The Bertz CT molecular complexity index is 772. The molecular formula is C21H25N3O2S. The normalized spacial score (nSPS) is 15.3. The summed E-state index contributed by atoms with van der Waals surface area (Å²) in [4.78, 5) is 29.2. The van der Waals surface area contributed by atoms with Gasteiger partial charge in [0.1, 0.15) is 0 Å². The van der Waals surface area contributed by atoms with E-state index < -0.39 is 0 Å². The summed E-state index contributed by atoms with van der Waals surface area (Å²) in [5, 5.41) is 2.61. The molecule has 6 heteroatoms. The third-order valence-corrected chi connectivity index (χ3v) is 5.65. The Morgan fingerprint density at radius 3 is 2.19 bits per heavy atom. The third kappa shape index (κ3) is 5.26. The Kier molecular flexibility index (Phi) is 6.40. The summed E-state index contributed by atoms with van der Waals surface area (Å²) in [5.41, 5.74) is 1.98. The van der Waals surface area contributed by atoms with Crippen molar-refractivity contribution in [1.82, 2.24) is 4.90 Å². The van der Waals surface area contributed by atoms with Gasteiger partial charge < -0.3 is 15.1 Å². The molecular weight excluding hydrogens is 358 g/mol. The molecule has 1 aliphatic heterocycles. The average molecular weight is 384 g/mol. The minimum absolute atomic E-state index is 0.0893. The maximum Gasteiger partial charge on any atom is 0.235 e. The van der Waals surface area contributed by atoms with Crippen LogP contribution >= 0.6 is 11.8 Å². The molecule has 1 unspecified atom stereocenters. The minimum Gasteiger partial charge on any atom is -0.368 e. The number of anilines is 2. The number of thioether (sulfide) groups is 1. The first-order valence-corrected chi connectivity index (χ1v) is 10.0. The van der Waals surface area contributed by atoms with Crippen LogP contribution in [0, 0.1) is 0 Å². The molecule has 1 atom stereocenters. The van der Waals surface area contributed by atoms with Crippen molar-refractivity contribution in [2.75, 3.05) is 36.4 Å². The summed E-state index contributed by atoms with van der Waals surface area (Å²) >= 11 is 1.55. The SMILES string of the molecule is CC(=O)Nc1ccc(SC(C)C(=O)N2CCN(c3ccccc3)CC2)cc1. The van der Waals surface area contributed by atoms with Crippen LogP contribution in [0.4, 0.5) is 11.4 Å². The lowest BCUT2D eigenvalue weighted by Crippen LogP contribution is -2.50. The molecule has 0 radical (unpaired) electrons. The van der Waals surface area contributed by atoms with Gasteiger partial charge in [0.2, 0.25) is 11.8 Å². The van der Waals surface area contributed by atoms with E-state index in [0.29, 0.717) is 0 Å². The maximum absolute atomic E-state index is 12.8. The van der Waals surface area contributed by atoms with E-state index in [1.54, 1.807) is 11.8 Å². The molecule has 142 valence electrons. The van der Waals surface area contributed by atoms with Gasteiger partial charge in [-0.15, -0.1) is 11.8 Å². The number of nitrogens with zero attached hydrogens (tertiary/aromatic N) is 2. The van der Waals surface area contributed by atoms with Crippen molar-refractivity contribution in [3.8, 4) is 0 Å². The molecule has 27 heavy (non-hydrogen) atoms. The lowest BCUT2D eigenvalue weighted by Gasteiger charge is -2.37. The molecule has 1 saturated heterocycles. The molecule has 0 saturated carbocycles. The van der Waals surface area contributed by atoms with Crippen LogP contribution in [0.5, 0.6) is 0 Å². The van der Waals surface area contributed by atoms with E-state index in [-0.39, 0.29) is 17.1 Å². The highest BCUT2D eigenvalue weighted by atomic mass is 32.2. The van der Waals surface area contributed by atoms with E-state index in [4.69, 9.17) is 0 Å². The lowest BCUT2D eigenvalue weighted by atomic mass is 10.2. The highest BCUT2D eigenvalue weighted by molar-refractivity contribution is 8.00. The fourth-order valence-corrected chi connectivity index (χ4v) is 4.11. The summed E-state index contributed by atoms with van der Waals surface area (Å²) in [7, 11) is 0. The standard InChI is InChI=1S/C21H25N3O2S/c1-16(27-20-10-8-18(9-11-20)22-17(2)25)21(26)24-14-12-23(13-15-24)19-6-4-3-5-7-19/h3-11,16H,12-15H2,1-2H3,(H,22,25). The zero-order valence-electron chi connectivity index (χ0n) is 15.7. The van der Waals surface area contributed by atoms with Crippen molar-refractivity contribution in [3.63, 3.8) is 0 Å². The molecule has 1 aliphatic rings. The van der Waals surface area contributed by atoms with E-state index >= 15 is 0 Å². The number of rotatable bonds is 5. The molecule has 1 heterocycles. The molecule has 5 nitrogen and oxygen atoms in total. The van der Waals surface area contributed by atoms with Gasteiger partial charge in [-0.25, -0.2) is 0 Å².